The molecule has 22 heavy (non-hydrogen) atoms. The van der Waals surface area contributed by atoms with Gasteiger partial charge in [-0.05, 0) is 19.4 Å². The zero-order valence-electron chi connectivity index (χ0n) is 13.3. The van der Waals surface area contributed by atoms with Crippen LogP contribution in [0.4, 0.5) is 13.2 Å². The number of hydrogen-bond donors (Lipinski definition) is 1. The van der Waals surface area contributed by atoms with Crippen molar-refractivity contribution in [3.63, 3.8) is 0 Å². The molecule has 0 aromatic carbocycles. The fourth-order valence-corrected chi connectivity index (χ4v) is 2.11. The van der Waals surface area contributed by atoms with Crippen LogP contribution < -0.4 is 5.32 Å². The molecule has 1 heterocycles. The van der Waals surface area contributed by atoms with Gasteiger partial charge in [0.2, 0.25) is 5.91 Å². The van der Waals surface area contributed by atoms with Crippen LogP contribution in [0.15, 0.2) is 6.07 Å². The zero-order valence-corrected chi connectivity index (χ0v) is 13.3. The number of hydrogen-bond acceptors (Lipinski definition) is 2. The third-order valence-corrected chi connectivity index (χ3v) is 3.50. The molecule has 0 aliphatic rings. The van der Waals surface area contributed by atoms with Gasteiger partial charge < -0.3 is 5.32 Å². The van der Waals surface area contributed by atoms with E-state index in [1.54, 1.807) is 13.8 Å². The van der Waals surface area contributed by atoms with Crippen LogP contribution in [0.1, 0.15) is 50.9 Å². The van der Waals surface area contributed by atoms with Gasteiger partial charge in [0.05, 0.1) is 12.5 Å². The maximum Gasteiger partial charge on any atom is 0.435 e. The number of nitrogens with zero attached hydrogens (tertiary/aromatic N) is 2. The molecule has 7 heteroatoms. The van der Waals surface area contributed by atoms with Crippen LogP contribution in [0.5, 0.6) is 0 Å². The Bertz CT molecular complexity index is 483. The Kier molecular flexibility index (Phi) is 6.90. The SMILES string of the molecule is CCCCCCNC(=O)C(C)Cn1nc(C(F)(F)F)cc1C. The van der Waals surface area contributed by atoms with Gasteiger partial charge in [0.25, 0.3) is 0 Å². The number of aromatic nitrogens is 2. The van der Waals surface area contributed by atoms with Gasteiger partial charge in [-0.3, -0.25) is 9.48 Å². The number of amides is 1. The van der Waals surface area contributed by atoms with Gasteiger partial charge in [-0.1, -0.05) is 33.1 Å². The molecule has 0 aliphatic carbocycles. The average Bonchev–Trinajstić information content (AvgIpc) is 2.79. The number of carbonyl (C=O) groups is 1. The van der Waals surface area contributed by atoms with Crippen LogP contribution in [0.25, 0.3) is 0 Å². The molecule has 1 aromatic heterocycles. The largest absolute Gasteiger partial charge is 0.435 e. The summed E-state index contributed by atoms with van der Waals surface area (Å²) in [7, 11) is 0. The molecule has 0 saturated heterocycles. The highest BCUT2D eigenvalue weighted by Crippen LogP contribution is 2.28. The Morgan fingerprint density at radius 2 is 2.05 bits per heavy atom. The lowest BCUT2D eigenvalue weighted by Gasteiger charge is -2.13. The predicted molar refractivity (Wildman–Crippen MR) is 78.3 cm³/mol. The topological polar surface area (TPSA) is 46.9 Å². The lowest BCUT2D eigenvalue weighted by atomic mass is 10.1. The van der Waals surface area contributed by atoms with Crippen molar-refractivity contribution in [1.29, 1.82) is 0 Å². The molecule has 4 nitrogen and oxygen atoms in total. The summed E-state index contributed by atoms with van der Waals surface area (Å²) in [5.41, 5.74) is -0.521. The molecule has 1 unspecified atom stereocenters. The summed E-state index contributed by atoms with van der Waals surface area (Å²) in [4.78, 5) is 11.9. The normalized spacial score (nSPS) is 13.2. The fraction of sp³-hybridized carbons (Fsp3) is 0.733. The van der Waals surface area contributed by atoms with Crippen molar-refractivity contribution in [2.75, 3.05) is 6.54 Å². The first kappa shape index (κ1) is 18.5. The van der Waals surface area contributed by atoms with Crippen LogP contribution in [0.2, 0.25) is 0 Å². The van der Waals surface area contributed by atoms with Gasteiger partial charge >= 0.3 is 6.18 Å². The Hall–Kier alpha value is -1.53. The van der Waals surface area contributed by atoms with Gasteiger partial charge in [0.15, 0.2) is 5.69 Å². The van der Waals surface area contributed by atoms with E-state index in [1.165, 1.54) is 4.68 Å². The van der Waals surface area contributed by atoms with Gasteiger partial charge in [-0.25, -0.2) is 0 Å². The van der Waals surface area contributed by atoms with E-state index >= 15 is 0 Å². The van der Waals surface area contributed by atoms with E-state index in [2.05, 4.69) is 17.3 Å². The Labute approximate surface area is 129 Å². The van der Waals surface area contributed by atoms with Crippen molar-refractivity contribution in [3.8, 4) is 0 Å². The van der Waals surface area contributed by atoms with Crippen molar-refractivity contribution in [2.24, 2.45) is 5.92 Å². The predicted octanol–water partition coefficient (Wildman–Crippen LogP) is 3.54. The van der Waals surface area contributed by atoms with E-state index in [9.17, 15) is 18.0 Å². The second-order valence-corrected chi connectivity index (χ2v) is 5.60. The number of alkyl halides is 3. The van der Waals surface area contributed by atoms with Gasteiger partial charge in [0, 0.05) is 12.2 Å². The molecule has 1 aromatic rings. The highest BCUT2D eigenvalue weighted by molar-refractivity contribution is 5.78. The van der Waals surface area contributed by atoms with Gasteiger partial charge in [-0.15, -0.1) is 0 Å². The third kappa shape index (κ3) is 5.69. The maximum atomic E-state index is 12.6. The molecular formula is C15H24F3N3O. The van der Waals surface area contributed by atoms with Crippen LogP contribution in [-0.4, -0.2) is 22.2 Å². The number of unbranched alkanes of at least 4 members (excludes halogenated alkanes) is 3. The second kappa shape index (κ2) is 8.19. The van der Waals surface area contributed by atoms with Crippen molar-refractivity contribution >= 4 is 5.91 Å². The standard InChI is InChI=1S/C15H24F3N3O/c1-4-5-6-7-8-19-14(22)11(2)10-21-12(3)9-13(20-21)15(16,17)18/h9,11H,4-8,10H2,1-3H3,(H,19,22). The summed E-state index contributed by atoms with van der Waals surface area (Å²) in [6.07, 6.45) is -0.201. The molecule has 1 amide bonds. The molecular weight excluding hydrogens is 295 g/mol. The van der Waals surface area contributed by atoms with Gasteiger partial charge in [-0.2, -0.15) is 18.3 Å². The van der Waals surface area contributed by atoms with Crippen LogP contribution in [0.3, 0.4) is 0 Å². The molecule has 1 N–H and O–H groups in total. The first-order valence-corrected chi connectivity index (χ1v) is 7.65. The molecule has 1 atom stereocenters. The van der Waals surface area contributed by atoms with Crippen molar-refractivity contribution in [2.45, 2.75) is 59.2 Å². The number of nitrogens with one attached hydrogen (secondary N) is 1. The van der Waals surface area contributed by atoms with E-state index in [0.717, 1.165) is 31.7 Å². The Balaban J connectivity index is 2.49. The van der Waals surface area contributed by atoms with Gasteiger partial charge in [0.1, 0.15) is 0 Å². The van der Waals surface area contributed by atoms with E-state index in [-0.39, 0.29) is 12.5 Å². The van der Waals surface area contributed by atoms with E-state index < -0.39 is 17.8 Å². The monoisotopic (exact) mass is 319 g/mol. The highest BCUT2D eigenvalue weighted by Gasteiger charge is 2.34. The van der Waals surface area contributed by atoms with Crippen LogP contribution >= 0.6 is 0 Å². The highest BCUT2D eigenvalue weighted by atomic mass is 19.4. The first-order valence-electron chi connectivity index (χ1n) is 7.65. The van der Waals surface area contributed by atoms with Crippen molar-refractivity contribution < 1.29 is 18.0 Å². The number of halogens is 3. The molecule has 0 saturated carbocycles. The van der Waals surface area contributed by atoms with Crippen molar-refractivity contribution in [3.05, 3.63) is 17.5 Å². The summed E-state index contributed by atoms with van der Waals surface area (Å²) in [5.74, 6) is -0.578. The minimum atomic E-state index is -4.46. The minimum absolute atomic E-state index is 0.142. The van der Waals surface area contributed by atoms with Crippen molar-refractivity contribution in [1.82, 2.24) is 15.1 Å². The summed E-state index contributed by atoms with van der Waals surface area (Å²) in [5, 5.41) is 6.35. The molecule has 0 aliphatic heterocycles. The number of rotatable bonds is 8. The zero-order chi connectivity index (χ0) is 16.8. The lowest BCUT2D eigenvalue weighted by Crippen LogP contribution is -2.32. The summed E-state index contributed by atoms with van der Waals surface area (Å²) in [6.45, 7) is 6.10. The van der Waals surface area contributed by atoms with Crippen LogP contribution in [-0.2, 0) is 17.5 Å². The minimum Gasteiger partial charge on any atom is -0.356 e. The fourth-order valence-electron chi connectivity index (χ4n) is 2.11. The Morgan fingerprint density at radius 1 is 1.36 bits per heavy atom. The van der Waals surface area contributed by atoms with E-state index in [4.69, 9.17) is 0 Å². The quantitative estimate of drug-likeness (QED) is 0.745. The molecule has 0 fully saturated rings. The first-order chi connectivity index (χ1) is 10.3. The summed E-state index contributed by atoms with van der Waals surface area (Å²) >= 11 is 0. The van der Waals surface area contributed by atoms with Crippen LogP contribution in [0, 0.1) is 12.8 Å². The molecule has 0 radical (unpaired) electrons. The average molecular weight is 319 g/mol. The number of carbonyl (C=O) groups excluding carboxylic acids is 1. The smallest absolute Gasteiger partial charge is 0.356 e. The lowest BCUT2D eigenvalue weighted by molar-refractivity contribution is -0.141. The third-order valence-electron chi connectivity index (χ3n) is 3.50. The molecule has 0 bridgehead atoms. The molecule has 1 rings (SSSR count). The summed E-state index contributed by atoms with van der Waals surface area (Å²) in [6, 6.07) is 0.995. The second-order valence-electron chi connectivity index (χ2n) is 5.60. The van der Waals surface area contributed by atoms with E-state index in [1.807, 2.05) is 0 Å². The number of aryl methyl sites for hydroxylation is 1. The maximum absolute atomic E-state index is 12.6. The van der Waals surface area contributed by atoms with E-state index in [0.29, 0.717) is 12.2 Å². The molecule has 126 valence electrons. The molecule has 0 spiro atoms. The Morgan fingerprint density at radius 3 is 2.59 bits per heavy atom. The summed E-state index contributed by atoms with van der Waals surface area (Å²) < 4.78 is 39.0.